The van der Waals surface area contributed by atoms with E-state index in [-0.39, 0.29) is 11.3 Å². The molecular formula is C8H5BrF3NO2. The summed E-state index contributed by atoms with van der Waals surface area (Å²) >= 11 is 2.47. The summed E-state index contributed by atoms with van der Waals surface area (Å²) in [6, 6.07) is 4.22. The van der Waals surface area contributed by atoms with Crippen LogP contribution < -0.4 is 0 Å². The molecule has 0 fully saturated rings. The van der Waals surface area contributed by atoms with Crippen molar-refractivity contribution in [1.29, 1.82) is 0 Å². The number of alkyl halides is 4. The van der Waals surface area contributed by atoms with Gasteiger partial charge in [-0.3, -0.25) is 10.1 Å². The molecule has 0 heterocycles. The molecule has 1 atom stereocenters. The van der Waals surface area contributed by atoms with E-state index in [0.717, 1.165) is 24.3 Å². The highest BCUT2D eigenvalue weighted by Gasteiger charge is 2.38. The quantitative estimate of drug-likeness (QED) is 0.473. The van der Waals surface area contributed by atoms with Crippen LogP contribution in [0.25, 0.3) is 0 Å². The van der Waals surface area contributed by atoms with Crippen LogP contribution in [0.3, 0.4) is 0 Å². The van der Waals surface area contributed by atoms with Crippen molar-refractivity contribution >= 4 is 21.6 Å². The zero-order valence-corrected chi connectivity index (χ0v) is 8.75. The normalized spacial score (nSPS) is 13.6. The van der Waals surface area contributed by atoms with Crippen LogP contribution in [0.2, 0.25) is 0 Å². The molecule has 0 aliphatic rings. The minimum atomic E-state index is -4.41. The van der Waals surface area contributed by atoms with Crippen LogP contribution in [0.4, 0.5) is 18.9 Å². The zero-order valence-electron chi connectivity index (χ0n) is 7.16. The van der Waals surface area contributed by atoms with Crippen LogP contribution in [0.15, 0.2) is 24.3 Å². The predicted molar refractivity (Wildman–Crippen MR) is 50.8 cm³/mol. The molecule has 82 valence electrons. The SMILES string of the molecule is O=[N+]([O-])c1ccc(C(Br)C(F)(F)F)cc1. The zero-order chi connectivity index (χ0) is 11.6. The summed E-state index contributed by atoms with van der Waals surface area (Å²) in [6.45, 7) is 0. The Morgan fingerprint density at radius 1 is 1.27 bits per heavy atom. The average Bonchev–Trinajstić information content (AvgIpc) is 2.15. The number of nitrogens with zero attached hydrogens (tertiary/aromatic N) is 1. The third-order valence-electron chi connectivity index (χ3n) is 1.68. The summed E-state index contributed by atoms with van der Waals surface area (Å²) in [4.78, 5) is 7.78. The van der Waals surface area contributed by atoms with E-state index < -0.39 is 15.9 Å². The van der Waals surface area contributed by atoms with Crippen molar-refractivity contribution in [2.45, 2.75) is 11.0 Å². The second-order valence-electron chi connectivity index (χ2n) is 2.75. The first kappa shape index (κ1) is 12.0. The highest BCUT2D eigenvalue weighted by molar-refractivity contribution is 9.09. The van der Waals surface area contributed by atoms with Crippen molar-refractivity contribution in [2.75, 3.05) is 0 Å². The maximum absolute atomic E-state index is 12.2. The van der Waals surface area contributed by atoms with Crippen LogP contribution in [-0.4, -0.2) is 11.1 Å². The molecule has 0 saturated carbocycles. The Morgan fingerprint density at radius 2 is 1.73 bits per heavy atom. The second kappa shape index (κ2) is 4.18. The smallest absolute Gasteiger partial charge is 0.258 e. The molecule has 0 amide bonds. The Hall–Kier alpha value is -1.11. The van der Waals surface area contributed by atoms with Gasteiger partial charge in [0.25, 0.3) is 5.69 Å². The highest BCUT2D eigenvalue weighted by Crippen LogP contribution is 2.39. The Bertz CT molecular complexity index is 363. The summed E-state index contributed by atoms with van der Waals surface area (Å²) < 4.78 is 36.6. The van der Waals surface area contributed by atoms with Gasteiger partial charge in [-0.1, -0.05) is 28.1 Å². The van der Waals surface area contributed by atoms with Crippen LogP contribution in [-0.2, 0) is 0 Å². The molecule has 1 rings (SSSR count). The molecule has 7 heteroatoms. The summed E-state index contributed by atoms with van der Waals surface area (Å²) in [6.07, 6.45) is -4.41. The van der Waals surface area contributed by atoms with Gasteiger partial charge in [0.1, 0.15) is 4.83 Å². The number of nitro benzene ring substituents is 1. The molecule has 0 bridgehead atoms. The van der Waals surface area contributed by atoms with Crippen molar-refractivity contribution in [2.24, 2.45) is 0 Å². The molecular weight excluding hydrogens is 279 g/mol. The number of hydrogen-bond acceptors (Lipinski definition) is 2. The molecule has 3 nitrogen and oxygen atoms in total. The third-order valence-corrected chi connectivity index (χ3v) is 2.73. The molecule has 0 aliphatic carbocycles. The van der Waals surface area contributed by atoms with Gasteiger partial charge < -0.3 is 0 Å². The van der Waals surface area contributed by atoms with Crippen molar-refractivity contribution < 1.29 is 18.1 Å². The van der Waals surface area contributed by atoms with Crippen LogP contribution >= 0.6 is 15.9 Å². The van der Waals surface area contributed by atoms with Gasteiger partial charge in [0, 0.05) is 12.1 Å². The molecule has 0 aromatic heterocycles. The highest BCUT2D eigenvalue weighted by atomic mass is 79.9. The first-order valence-electron chi connectivity index (χ1n) is 3.77. The van der Waals surface area contributed by atoms with E-state index in [1.807, 2.05) is 0 Å². The fraction of sp³-hybridized carbons (Fsp3) is 0.250. The Kier molecular flexibility index (Phi) is 3.33. The lowest BCUT2D eigenvalue weighted by molar-refractivity contribution is -0.384. The van der Waals surface area contributed by atoms with Crippen LogP contribution in [0.1, 0.15) is 10.4 Å². The number of benzene rings is 1. The lowest BCUT2D eigenvalue weighted by Crippen LogP contribution is -2.15. The van der Waals surface area contributed by atoms with Crippen LogP contribution in [0.5, 0.6) is 0 Å². The lowest BCUT2D eigenvalue weighted by Gasteiger charge is -2.13. The number of hydrogen-bond donors (Lipinski definition) is 0. The number of nitro groups is 1. The maximum atomic E-state index is 12.2. The van der Waals surface area contributed by atoms with E-state index in [4.69, 9.17) is 0 Å². The Balaban J connectivity index is 2.94. The number of non-ortho nitro benzene ring substituents is 1. The van der Waals surface area contributed by atoms with Gasteiger partial charge in [0.05, 0.1) is 4.92 Å². The average molecular weight is 284 g/mol. The van der Waals surface area contributed by atoms with Gasteiger partial charge in [-0.2, -0.15) is 13.2 Å². The topological polar surface area (TPSA) is 43.1 Å². The molecule has 1 aromatic rings. The van der Waals surface area contributed by atoms with Crippen molar-refractivity contribution in [3.63, 3.8) is 0 Å². The molecule has 1 unspecified atom stereocenters. The summed E-state index contributed by atoms with van der Waals surface area (Å²) in [5.41, 5.74) is -0.297. The van der Waals surface area contributed by atoms with Gasteiger partial charge >= 0.3 is 6.18 Å². The molecule has 0 N–H and O–H groups in total. The first-order valence-corrected chi connectivity index (χ1v) is 4.69. The fourth-order valence-electron chi connectivity index (χ4n) is 0.954. The van der Waals surface area contributed by atoms with E-state index in [2.05, 4.69) is 15.9 Å². The molecule has 0 spiro atoms. The largest absolute Gasteiger partial charge is 0.405 e. The Morgan fingerprint density at radius 3 is 2.07 bits per heavy atom. The first-order chi connectivity index (χ1) is 6.82. The van der Waals surface area contributed by atoms with Crippen molar-refractivity contribution in [3.8, 4) is 0 Å². The van der Waals surface area contributed by atoms with E-state index in [1.165, 1.54) is 0 Å². The van der Waals surface area contributed by atoms with Crippen LogP contribution in [0, 0.1) is 10.1 Å². The molecule has 0 saturated heterocycles. The molecule has 0 radical (unpaired) electrons. The summed E-state index contributed by atoms with van der Waals surface area (Å²) in [7, 11) is 0. The van der Waals surface area contributed by atoms with E-state index in [0.29, 0.717) is 0 Å². The third kappa shape index (κ3) is 2.92. The van der Waals surface area contributed by atoms with Gasteiger partial charge in [0.15, 0.2) is 0 Å². The van der Waals surface area contributed by atoms with Gasteiger partial charge in [-0.15, -0.1) is 0 Å². The summed E-state index contributed by atoms with van der Waals surface area (Å²) in [5.74, 6) is 0. The standard InChI is InChI=1S/C8H5BrF3NO2/c9-7(8(10,11)12)5-1-3-6(4-2-5)13(14)15/h1-4,7H. The summed E-state index contributed by atoms with van der Waals surface area (Å²) in [5, 5.41) is 10.3. The molecule has 0 aliphatic heterocycles. The lowest BCUT2D eigenvalue weighted by atomic mass is 10.1. The van der Waals surface area contributed by atoms with Gasteiger partial charge in [-0.25, -0.2) is 0 Å². The second-order valence-corrected chi connectivity index (χ2v) is 3.67. The van der Waals surface area contributed by atoms with Crippen molar-refractivity contribution in [3.05, 3.63) is 39.9 Å². The fourth-order valence-corrected chi connectivity index (χ4v) is 1.26. The predicted octanol–water partition coefficient (Wildman–Crippen LogP) is 3.59. The van der Waals surface area contributed by atoms with E-state index in [9.17, 15) is 23.3 Å². The van der Waals surface area contributed by atoms with Crippen molar-refractivity contribution in [1.82, 2.24) is 0 Å². The number of rotatable bonds is 2. The number of halogens is 4. The maximum Gasteiger partial charge on any atom is 0.405 e. The minimum Gasteiger partial charge on any atom is -0.258 e. The molecule has 15 heavy (non-hydrogen) atoms. The molecule has 1 aromatic carbocycles. The Labute approximate surface area is 91.2 Å². The van der Waals surface area contributed by atoms with Gasteiger partial charge in [-0.05, 0) is 5.56 Å². The van der Waals surface area contributed by atoms with E-state index >= 15 is 0 Å². The van der Waals surface area contributed by atoms with Gasteiger partial charge in [0.2, 0.25) is 0 Å². The monoisotopic (exact) mass is 283 g/mol. The van der Waals surface area contributed by atoms with E-state index in [1.54, 1.807) is 0 Å². The minimum absolute atomic E-state index is 0.0619.